The molecule has 0 spiro atoms. The predicted octanol–water partition coefficient (Wildman–Crippen LogP) is 2.45. The monoisotopic (exact) mass is 644 g/mol. The first-order valence-corrected chi connectivity index (χ1v) is 16.4. The maximum atomic E-state index is 13.2. The van der Waals surface area contributed by atoms with Gasteiger partial charge in [-0.2, -0.15) is 0 Å². The molecule has 4 bridgehead atoms. The Hall–Kier alpha value is -2.87. The molecule has 4 atom stereocenters. The zero-order valence-corrected chi connectivity index (χ0v) is 27.4. The number of aliphatic hydroxyl groups excluding tert-OH is 5. The van der Waals surface area contributed by atoms with Crippen LogP contribution in [0.5, 0.6) is 0 Å². The summed E-state index contributed by atoms with van der Waals surface area (Å²) >= 11 is 0. The molecule has 0 unspecified atom stereocenters. The number of aromatic nitrogens is 2. The number of carboxylic acid groups (broad SMARTS) is 1. The van der Waals surface area contributed by atoms with Gasteiger partial charge in [0.1, 0.15) is 29.8 Å². The average molecular weight is 645 g/mol. The van der Waals surface area contributed by atoms with Gasteiger partial charge in [-0.1, -0.05) is 26.8 Å². The average Bonchev–Trinajstić information content (AvgIpc) is 3.44. The Kier molecular flexibility index (Phi) is 11.7. The number of rotatable bonds is 12. The minimum absolute atomic E-state index is 0.0936. The van der Waals surface area contributed by atoms with Gasteiger partial charge >= 0.3 is 5.97 Å². The van der Waals surface area contributed by atoms with E-state index in [9.17, 15) is 19.8 Å². The first-order chi connectivity index (χ1) is 21.6. The predicted molar refractivity (Wildman–Crippen MR) is 173 cm³/mol. The van der Waals surface area contributed by atoms with E-state index in [0.29, 0.717) is 16.8 Å². The molecule has 4 saturated carbocycles. The van der Waals surface area contributed by atoms with Crippen molar-refractivity contribution in [1.82, 2.24) is 15.3 Å². The summed E-state index contributed by atoms with van der Waals surface area (Å²) in [7, 11) is 1.57. The molecular weight excluding hydrogens is 592 g/mol. The van der Waals surface area contributed by atoms with Gasteiger partial charge in [0.05, 0.1) is 18.3 Å². The van der Waals surface area contributed by atoms with Gasteiger partial charge in [-0.05, 0) is 99.8 Å². The number of hydrogen-bond acceptors (Lipinski definition) is 9. The lowest BCUT2D eigenvalue weighted by Crippen LogP contribution is -2.48. The van der Waals surface area contributed by atoms with Gasteiger partial charge < -0.3 is 46.3 Å². The summed E-state index contributed by atoms with van der Waals surface area (Å²) in [6, 6.07) is 6.34. The van der Waals surface area contributed by atoms with Crippen LogP contribution < -0.4 is 10.6 Å². The number of likely N-dealkylation sites (N-methyl/N-ethyl adjacent to an activating group) is 1. The van der Waals surface area contributed by atoms with Crippen molar-refractivity contribution in [2.45, 2.75) is 102 Å². The third kappa shape index (κ3) is 8.72. The van der Waals surface area contributed by atoms with Gasteiger partial charge in [-0.15, -0.1) is 0 Å². The number of imidazole rings is 1. The van der Waals surface area contributed by atoms with Gasteiger partial charge in [-0.25, -0.2) is 9.78 Å². The van der Waals surface area contributed by atoms with Crippen molar-refractivity contribution in [2.24, 2.45) is 23.2 Å². The number of hydrogen-bond donors (Lipinski definition) is 9. The Bertz CT molecular complexity index is 1300. The van der Waals surface area contributed by atoms with Gasteiger partial charge in [0.15, 0.2) is 0 Å². The van der Waals surface area contributed by atoms with E-state index in [2.05, 4.69) is 36.4 Å². The number of benzene rings is 1. The highest BCUT2D eigenvalue weighted by atomic mass is 16.4. The van der Waals surface area contributed by atoms with Crippen LogP contribution >= 0.6 is 0 Å². The largest absolute Gasteiger partial charge is 0.478 e. The molecule has 0 saturated heterocycles. The molecule has 1 aromatic heterocycles. The summed E-state index contributed by atoms with van der Waals surface area (Å²) in [6.07, 6.45) is 4.63. The number of anilines is 1. The van der Waals surface area contributed by atoms with Crippen molar-refractivity contribution in [3.63, 3.8) is 0 Å². The summed E-state index contributed by atoms with van der Waals surface area (Å²) in [5.74, 6) is 2.24. The summed E-state index contributed by atoms with van der Waals surface area (Å²) in [5, 5.41) is 59.6. The number of H-pyrrole nitrogens is 1. The molecule has 2 aromatic rings. The normalized spacial score (nSPS) is 26.1. The number of carbonyl (C=O) groups excluding carboxylic acids is 1. The molecule has 0 aliphatic heterocycles. The highest BCUT2D eigenvalue weighted by Crippen LogP contribution is 2.61. The summed E-state index contributed by atoms with van der Waals surface area (Å²) < 4.78 is 0. The summed E-state index contributed by atoms with van der Waals surface area (Å²) in [4.78, 5) is 32.7. The van der Waals surface area contributed by atoms with Crippen LogP contribution in [0.2, 0.25) is 0 Å². The molecule has 4 fully saturated rings. The number of aromatic amines is 1. The molecule has 9 N–H and O–H groups in total. The van der Waals surface area contributed by atoms with Crippen LogP contribution in [0.1, 0.15) is 98.1 Å². The number of amides is 1. The van der Waals surface area contributed by atoms with Gasteiger partial charge in [0.25, 0.3) is 5.91 Å². The number of carbonyl (C=O) groups is 2. The number of aromatic carboxylic acids is 1. The van der Waals surface area contributed by atoms with Gasteiger partial charge in [0.2, 0.25) is 0 Å². The van der Waals surface area contributed by atoms with Crippen molar-refractivity contribution in [1.29, 1.82) is 0 Å². The minimum atomic E-state index is -1.55. The number of aryl methyl sites for hydroxylation is 1. The first kappa shape index (κ1) is 36.0. The van der Waals surface area contributed by atoms with E-state index >= 15 is 0 Å². The van der Waals surface area contributed by atoms with Gasteiger partial charge in [-0.3, -0.25) is 4.79 Å². The second-order valence-corrected chi connectivity index (χ2v) is 14.8. The molecule has 4 aliphatic carbocycles. The molecule has 256 valence electrons. The molecule has 1 amide bonds. The number of nitrogens with one attached hydrogen (secondary N) is 3. The van der Waals surface area contributed by atoms with Gasteiger partial charge in [0, 0.05) is 23.3 Å². The standard InChI is InChI=1S/C27H35N3O3.C7H17NO5/c1-26(2,3)25-29-21(7-8-27-13-16-9-17(14-27)11-18(10-16)15-27)22(30-25)23(31)28-20-6-4-5-19(12-20)24(32)33;1-8-2-4(10)6(12)7(13)5(11)3-9/h4-6,12,16-18H,7-11,13-15H2,1-3H3,(H,28,31)(H,29,30)(H,32,33);4-13H,2-3H2,1H3/t;4-,5+,6+,7+/m.0/s1. The quantitative estimate of drug-likeness (QED) is 0.165. The van der Waals surface area contributed by atoms with Crippen molar-refractivity contribution in [3.8, 4) is 0 Å². The molecule has 6 rings (SSSR count). The first-order valence-electron chi connectivity index (χ1n) is 16.4. The lowest BCUT2D eigenvalue weighted by atomic mass is 9.48. The number of carboxylic acids is 1. The second-order valence-electron chi connectivity index (χ2n) is 14.8. The van der Waals surface area contributed by atoms with Crippen LogP contribution in [0.15, 0.2) is 24.3 Å². The van der Waals surface area contributed by atoms with Crippen molar-refractivity contribution in [3.05, 3.63) is 47.0 Å². The smallest absolute Gasteiger partial charge is 0.335 e. The van der Waals surface area contributed by atoms with Crippen molar-refractivity contribution in [2.75, 3.05) is 25.5 Å². The lowest BCUT2D eigenvalue weighted by molar-refractivity contribution is -0.113. The fraction of sp³-hybridized carbons (Fsp3) is 0.676. The third-order valence-electron chi connectivity index (χ3n) is 9.88. The Morgan fingerprint density at radius 2 is 1.59 bits per heavy atom. The van der Waals surface area contributed by atoms with E-state index in [1.165, 1.54) is 50.7 Å². The highest BCUT2D eigenvalue weighted by molar-refractivity contribution is 6.04. The SMILES string of the molecule is CC(C)(C)c1nc(C(=O)Nc2cccc(C(=O)O)c2)c(CCC23CC4CC(CC(C4)C2)C3)[nH]1.CNC[C@H](O)[C@@H](O)[C@H](O)[C@H](O)CO. The van der Waals surface area contributed by atoms with Crippen molar-refractivity contribution >= 4 is 17.6 Å². The molecular formula is C34H52N4O8. The summed E-state index contributed by atoms with van der Waals surface area (Å²) in [5.41, 5.74) is 2.19. The maximum Gasteiger partial charge on any atom is 0.335 e. The molecule has 46 heavy (non-hydrogen) atoms. The van der Waals surface area contributed by atoms with E-state index in [1.807, 2.05) is 0 Å². The Morgan fingerprint density at radius 3 is 2.11 bits per heavy atom. The fourth-order valence-electron chi connectivity index (χ4n) is 7.93. The molecule has 0 radical (unpaired) electrons. The van der Waals surface area contributed by atoms with E-state index in [-0.39, 0.29) is 23.4 Å². The van der Waals surface area contributed by atoms with Crippen LogP contribution in [0, 0.1) is 23.2 Å². The zero-order chi connectivity index (χ0) is 33.8. The van der Waals surface area contributed by atoms with E-state index in [4.69, 9.17) is 25.4 Å². The maximum absolute atomic E-state index is 13.2. The lowest BCUT2D eigenvalue weighted by Gasteiger charge is -2.57. The van der Waals surface area contributed by atoms with E-state index in [0.717, 1.165) is 42.1 Å². The Morgan fingerprint density at radius 1 is 1.00 bits per heavy atom. The highest BCUT2D eigenvalue weighted by Gasteiger charge is 2.50. The van der Waals surface area contributed by atoms with Crippen LogP contribution in [0.4, 0.5) is 5.69 Å². The number of aliphatic hydroxyl groups is 5. The van der Waals surface area contributed by atoms with Crippen LogP contribution in [0.3, 0.4) is 0 Å². The summed E-state index contributed by atoms with van der Waals surface area (Å²) in [6.45, 7) is 5.70. The van der Waals surface area contributed by atoms with E-state index < -0.39 is 37.0 Å². The number of nitrogens with zero attached hydrogens (tertiary/aromatic N) is 1. The molecule has 12 heteroatoms. The van der Waals surface area contributed by atoms with Crippen LogP contribution in [0.25, 0.3) is 0 Å². The second kappa shape index (κ2) is 14.9. The molecule has 12 nitrogen and oxygen atoms in total. The third-order valence-corrected chi connectivity index (χ3v) is 9.88. The molecule has 1 heterocycles. The van der Waals surface area contributed by atoms with E-state index in [1.54, 1.807) is 19.2 Å². The minimum Gasteiger partial charge on any atom is -0.478 e. The van der Waals surface area contributed by atoms with Crippen molar-refractivity contribution < 1.29 is 40.2 Å². The molecule has 4 aliphatic rings. The molecule has 1 aromatic carbocycles. The topological polar surface area (TPSA) is 208 Å². The van der Waals surface area contributed by atoms with Crippen LogP contribution in [-0.2, 0) is 11.8 Å². The Balaban J connectivity index is 0.000000315. The zero-order valence-electron chi connectivity index (χ0n) is 27.4. The Labute approximate surface area is 270 Å². The fourth-order valence-corrected chi connectivity index (χ4v) is 7.93. The van der Waals surface area contributed by atoms with Crippen LogP contribution in [-0.4, -0.2) is 97.1 Å².